The van der Waals surface area contributed by atoms with Crippen LogP contribution in [0.2, 0.25) is 5.04 Å². The van der Waals surface area contributed by atoms with E-state index in [2.05, 4.69) is 82.3 Å². The number of fused-ring (bicyclic) bond motifs is 1. The molecule has 0 amide bonds. The van der Waals surface area contributed by atoms with Gasteiger partial charge in [-0.2, -0.15) is 0 Å². The van der Waals surface area contributed by atoms with Gasteiger partial charge in [0.25, 0.3) is 8.32 Å². The molecule has 2 aliphatic rings. The lowest BCUT2D eigenvalue weighted by Gasteiger charge is -2.43. The largest absolute Gasteiger partial charge is 0.508 e. The first-order valence-corrected chi connectivity index (χ1v) is 17.9. The topological polar surface area (TPSA) is 72.8 Å². The highest BCUT2D eigenvalue weighted by Gasteiger charge is 2.52. The van der Waals surface area contributed by atoms with E-state index in [1.54, 1.807) is 12.1 Å². The number of hydrogen-bond acceptors (Lipinski definition) is 5. The van der Waals surface area contributed by atoms with Crippen molar-refractivity contribution in [3.05, 3.63) is 107 Å². The SMILES string of the molecule is C/C(=C\c1ccc(O)cc1)CC[C@H]1OC[C@H]2C1=C(CO[Si](c1ccccc1)(c1ccccc1)C(C)(C)C)CS2(=O)=O. The molecule has 5 rings (SSSR count). The summed E-state index contributed by atoms with van der Waals surface area (Å²) in [6.45, 7) is 9.26. The molecular formula is C34H40O5SSi. The van der Waals surface area contributed by atoms with E-state index in [1.807, 2.05) is 24.3 Å². The van der Waals surface area contributed by atoms with Crippen LogP contribution >= 0.6 is 0 Å². The van der Waals surface area contributed by atoms with E-state index >= 15 is 0 Å². The molecule has 0 saturated carbocycles. The second-order valence-electron chi connectivity index (χ2n) is 12.2. The highest BCUT2D eigenvalue weighted by atomic mass is 32.2. The molecule has 0 aliphatic carbocycles. The molecule has 3 aromatic rings. The van der Waals surface area contributed by atoms with E-state index in [-0.39, 0.29) is 35.9 Å². The van der Waals surface area contributed by atoms with E-state index in [0.29, 0.717) is 6.42 Å². The Balaban J connectivity index is 1.44. The third-order valence-corrected chi connectivity index (χ3v) is 15.3. The molecule has 0 radical (unpaired) electrons. The van der Waals surface area contributed by atoms with Crippen LogP contribution in [0.4, 0.5) is 0 Å². The third-order valence-electron chi connectivity index (χ3n) is 8.35. The van der Waals surface area contributed by atoms with Gasteiger partial charge >= 0.3 is 0 Å². The number of phenolic OH excluding ortho intramolecular Hbond substituents is 1. The van der Waals surface area contributed by atoms with E-state index in [4.69, 9.17) is 9.16 Å². The van der Waals surface area contributed by atoms with Gasteiger partial charge in [-0.25, -0.2) is 8.42 Å². The van der Waals surface area contributed by atoms with Crippen LogP contribution < -0.4 is 10.4 Å². The molecule has 1 N–H and O–H groups in total. The van der Waals surface area contributed by atoms with Crippen molar-refractivity contribution in [3.8, 4) is 5.75 Å². The second-order valence-corrected chi connectivity index (χ2v) is 18.7. The Hall–Kier alpha value is -2.97. The van der Waals surface area contributed by atoms with Crippen molar-refractivity contribution >= 4 is 34.6 Å². The van der Waals surface area contributed by atoms with Crippen LogP contribution in [0.1, 0.15) is 46.1 Å². The van der Waals surface area contributed by atoms with Crippen LogP contribution in [-0.4, -0.2) is 52.2 Å². The van der Waals surface area contributed by atoms with E-state index < -0.39 is 23.4 Å². The van der Waals surface area contributed by atoms with Crippen LogP contribution in [0, 0.1) is 0 Å². The molecule has 2 heterocycles. The van der Waals surface area contributed by atoms with Crippen molar-refractivity contribution in [2.24, 2.45) is 0 Å². The van der Waals surface area contributed by atoms with E-state index in [0.717, 1.165) is 23.1 Å². The summed E-state index contributed by atoms with van der Waals surface area (Å²) in [5.41, 5.74) is 3.98. The molecular weight excluding hydrogens is 549 g/mol. The highest BCUT2D eigenvalue weighted by Crippen LogP contribution is 2.41. The zero-order chi connectivity index (χ0) is 29.3. The maximum absolute atomic E-state index is 13.3. The summed E-state index contributed by atoms with van der Waals surface area (Å²) in [5, 5.41) is 11.1. The first kappa shape index (κ1) is 29.5. The fourth-order valence-corrected chi connectivity index (χ4v) is 12.9. The molecule has 216 valence electrons. The highest BCUT2D eigenvalue weighted by molar-refractivity contribution is 7.92. The molecule has 1 saturated heterocycles. The maximum atomic E-state index is 13.3. The number of phenols is 1. The standard InChI is InChI=1S/C34H40O5SSi/c1-25(21-26-16-18-28(35)19-17-26)15-20-31-33-27(24-40(36,37)32(33)23-38-31)22-39-41(34(2,3)4,29-11-7-5-8-12-29)30-13-9-6-10-14-30/h5-14,16-19,21,31-32,35H,15,20,22-24H2,1-4H3/b25-21+/t31-,32+/m1/s1. The molecule has 1 fully saturated rings. The van der Waals surface area contributed by atoms with Gasteiger partial charge in [0.2, 0.25) is 0 Å². The summed E-state index contributed by atoms with van der Waals surface area (Å²) in [6, 6.07) is 28.0. The fraction of sp³-hybridized carbons (Fsp3) is 0.353. The lowest BCUT2D eigenvalue weighted by atomic mass is 9.97. The van der Waals surface area contributed by atoms with Crippen molar-refractivity contribution in [3.63, 3.8) is 0 Å². The van der Waals surface area contributed by atoms with Crippen molar-refractivity contribution in [1.29, 1.82) is 0 Å². The number of rotatable bonds is 9. The summed E-state index contributed by atoms with van der Waals surface area (Å²) in [7, 11) is -6.14. The van der Waals surface area contributed by atoms with E-state index in [1.165, 1.54) is 15.9 Å². The first-order chi connectivity index (χ1) is 19.5. The molecule has 0 bridgehead atoms. The Bertz CT molecular complexity index is 1480. The monoisotopic (exact) mass is 588 g/mol. The molecule has 41 heavy (non-hydrogen) atoms. The molecule has 5 nitrogen and oxygen atoms in total. The van der Waals surface area contributed by atoms with Crippen LogP contribution in [0.25, 0.3) is 6.08 Å². The van der Waals surface area contributed by atoms with Crippen LogP contribution in [-0.2, 0) is 19.0 Å². The van der Waals surface area contributed by atoms with E-state index in [9.17, 15) is 13.5 Å². The average Bonchev–Trinajstić information content (AvgIpc) is 3.48. The molecule has 0 spiro atoms. The molecule has 3 aromatic carbocycles. The van der Waals surface area contributed by atoms with Crippen LogP contribution in [0.15, 0.2) is 102 Å². The van der Waals surface area contributed by atoms with Gasteiger partial charge in [0.05, 0.1) is 25.1 Å². The second kappa shape index (κ2) is 11.7. The van der Waals surface area contributed by atoms with Gasteiger partial charge in [0.15, 0.2) is 9.84 Å². The van der Waals surface area contributed by atoms with Gasteiger partial charge in [0, 0.05) is 0 Å². The van der Waals surface area contributed by atoms with Gasteiger partial charge in [-0.1, -0.05) is 105 Å². The normalized spacial score (nSPS) is 20.8. The summed E-state index contributed by atoms with van der Waals surface area (Å²) >= 11 is 0. The molecule has 2 atom stereocenters. The summed E-state index contributed by atoms with van der Waals surface area (Å²) < 4.78 is 39.8. The summed E-state index contributed by atoms with van der Waals surface area (Å²) in [6.07, 6.45) is 3.35. The minimum Gasteiger partial charge on any atom is -0.508 e. The predicted octanol–water partition coefficient (Wildman–Crippen LogP) is 5.64. The van der Waals surface area contributed by atoms with Gasteiger partial charge in [0.1, 0.15) is 11.0 Å². The average molecular weight is 589 g/mol. The zero-order valence-electron chi connectivity index (χ0n) is 24.3. The minimum atomic E-state index is -3.33. The van der Waals surface area contributed by atoms with Gasteiger partial charge in [-0.3, -0.25) is 0 Å². The number of hydrogen-bond donors (Lipinski definition) is 1. The lowest BCUT2D eigenvalue weighted by molar-refractivity contribution is 0.117. The number of aromatic hydroxyl groups is 1. The number of ether oxygens (including phenoxy) is 1. The zero-order valence-corrected chi connectivity index (χ0v) is 26.2. The maximum Gasteiger partial charge on any atom is 0.261 e. The lowest BCUT2D eigenvalue weighted by Crippen LogP contribution is -2.66. The Morgan fingerprint density at radius 1 is 0.976 bits per heavy atom. The number of sulfone groups is 1. The Morgan fingerprint density at radius 2 is 1.56 bits per heavy atom. The van der Waals surface area contributed by atoms with Crippen molar-refractivity contribution in [1.82, 2.24) is 0 Å². The van der Waals surface area contributed by atoms with Gasteiger partial charge in [-0.05, 0) is 64.0 Å². The summed E-state index contributed by atoms with van der Waals surface area (Å²) in [5.74, 6) is 0.278. The van der Waals surface area contributed by atoms with Crippen LogP contribution in [0.3, 0.4) is 0 Å². The molecule has 7 heteroatoms. The Kier molecular flexibility index (Phi) is 8.44. The Labute approximate surface area is 245 Å². The smallest absolute Gasteiger partial charge is 0.261 e. The quantitative estimate of drug-likeness (QED) is 0.259. The molecule has 0 aromatic heterocycles. The molecule has 2 aliphatic heterocycles. The molecule has 0 unspecified atom stereocenters. The van der Waals surface area contributed by atoms with Gasteiger partial charge < -0.3 is 14.3 Å². The summed E-state index contributed by atoms with van der Waals surface area (Å²) in [4.78, 5) is 0. The van der Waals surface area contributed by atoms with Gasteiger partial charge in [-0.15, -0.1) is 0 Å². The van der Waals surface area contributed by atoms with Crippen molar-refractivity contribution in [2.45, 2.75) is 56.9 Å². The van der Waals surface area contributed by atoms with Crippen LogP contribution in [0.5, 0.6) is 5.75 Å². The number of benzene rings is 3. The number of allylic oxidation sites excluding steroid dienone is 1. The fourth-order valence-electron chi connectivity index (χ4n) is 6.38. The predicted molar refractivity (Wildman–Crippen MR) is 169 cm³/mol. The Morgan fingerprint density at radius 3 is 2.12 bits per heavy atom. The first-order valence-electron chi connectivity index (χ1n) is 14.3. The van der Waals surface area contributed by atoms with Crippen molar-refractivity contribution in [2.75, 3.05) is 19.0 Å². The minimum absolute atomic E-state index is 0.0351. The van der Waals surface area contributed by atoms with Crippen molar-refractivity contribution < 1.29 is 22.7 Å². The third kappa shape index (κ3) is 6.00.